The third-order valence-electron chi connectivity index (χ3n) is 3.13. The molecular weight excluding hydrogens is 296 g/mol. The number of carboxylic acids is 1. The highest BCUT2D eigenvalue weighted by molar-refractivity contribution is 9.10. The molecule has 0 amide bonds. The average Bonchev–Trinajstić information content (AvgIpc) is 3.13. The second-order valence-corrected chi connectivity index (χ2v) is 5.82. The molecule has 1 fully saturated rings. The van der Waals surface area contributed by atoms with Gasteiger partial charge in [-0.15, -0.1) is 0 Å². The van der Waals surface area contributed by atoms with E-state index in [2.05, 4.69) is 15.9 Å². The van der Waals surface area contributed by atoms with Crippen LogP contribution in [-0.2, 0) is 11.2 Å². The van der Waals surface area contributed by atoms with Crippen LogP contribution in [0.1, 0.15) is 25.3 Å². The first-order valence-electron chi connectivity index (χ1n) is 6.20. The molecule has 0 spiro atoms. The molecule has 0 radical (unpaired) electrons. The normalized spacial score (nSPS) is 16.3. The summed E-state index contributed by atoms with van der Waals surface area (Å²) in [7, 11) is 0. The summed E-state index contributed by atoms with van der Waals surface area (Å²) >= 11 is 3.45. The van der Waals surface area contributed by atoms with Gasteiger partial charge in [0.1, 0.15) is 5.75 Å². The molecule has 1 aromatic carbocycles. The Labute approximate surface area is 115 Å². The van der Waals surface area contributed by atoms with E-state index < -0.39 is 5.97 Å². The van der Waals surface area contributed by atoms with Gasteiger partial charge in [-0.1, -0.05) is 13.0 Å². The first-order chi connectivity index (χ1) is 8.56. The van der Waals surface area contributed by atoms with Gasteiger partial charge in [0.25, 0.3) is 0 Å². The number of rotatable bonds is 6. The van der Waals surface area contributed by atoms with E-state index >= 15 is 0 Å². The fourth-order valence-corrected chi connectivity index (χ4v) is 2.08. The van der Waals surface area contributed by atoms with Crippen molar-refractivity contribution >= 4 is 21.9 Å². The Kier molecular flexibility index (Phi) is 4.27. The highest BCUT2D eigenvalue weighted by Crippen LogP contribution is 2.32. The van der Waals surface area contributed by atoms with Gasteiger partial charge in [-0.05, 0) is 58.8 Å². The van der Waals surface area contributed by atoms with Crippen LogP contribution in [0, 0.1) is 11.8 Å². The highest BCUT2D eigenvalue weighted by atomic mass is 79.9. The van der Waals surface area contributed by atoms with E-state index in [9.17, 15) is 4.79 Å². The van der Waals surface area contributed by atoms with Crippen LogP contribution in [0.15, 0.2) is 22.7 Å². The zero-order chi connectivity index (χ0) is 13.1. The molecule has 1 saturated carbocycles. The molecule has 2 rings (SSSR count). The summed E-state index contributed by atoms with van der Waals surface area (Å²) in [4.78, 5) is 10.8. The standard InChI is InChI=1S/C14H17BrO3/c1-9(14(16)17)6-11-4-5-12(15)13(7-11)18-8-10-2-3-10/h4-5,7,9-10H,2-3,6,8H2,1H3,(H,16,17). The van der Waals surface area contributed by atoms with Gasteiger partial charge in [0, 0.05) is 0 Å². The third kappa shape index (κ3) is 3.73. The van der Waals surface area contributed by atoms with Crippen molar-refractivity contribution in [3.05, 3.63) is 28.2 Å². The summed E-state index contributed by atoms with van der Waals surface area (Å²) in [5, 5.41) is 8.91. The van der Waals surface area contributed by atoms with Gasteiger partial charge >= 0.3 is 5.97 Å². The lowest BCUT2D eigenvalue weighted by atomic mass is 10.0. The minimum absolute atomic E-state index is 0.373. The SMILES string of the molecule is CC(Cc1ccc(Br)c(OCC2CC2)c1)C(=O)O. The number of hydrogen-bond acceptors (Lipinski definition) is 2. The summed E-state index contributed by atoms with van der Waals surface area (Å²) in [5.74, 6) is 0.385. The smallest absolute Gasteiger partial charge is 0.306 e. The number of carbonyl (C=O) groups is 1. The zero-order valence-corrected chi connectivity index (χ0v) is 11.9. The van der Waals surface area contributed by atoms with E-state index in [1.807, 2.05) is 18.2 Å². The van der Waals surface area contributed by atoms with E-state index in [1.54, 1.807) is 6.92 Å². The van der Waals surface area contributed by atoms with Crippen molar-refractivity contribution in [2.24, 2.45) is 11.8 Å². The maximum Gasteiger partial charge on any atom is 0.306 e. The Morgan fingerprint density at radius 2 is 2.28 bits per heavy atom. The maximum absolute atomic E-state index is 10.8. The first-order valence-corrected chi connectivity index (χ1v) is 6.99. The molecule has 0 heterocycles. The molecule has 3 nitrogen and oxygen atoms in total. The second-order valence-electron chi connectivity index (χ2n) is 4.96. The second kappa shape index (κ2) is 5.74. The molecule has 98 valence electrons. The molecule has 1 aromatic rings. The number of ether oxygens (including phenoxy) is 1. The molecule has 1 N–H and O–H groups in total. The van der Waals surface area contributed by atoms with Crippen LogP contribution >= 0.6 is 15.9 Å². The molecule has 1 atom stereocenters. The monoisotopic (exact) mass is 312 g/mol. The number of hydrogen-bond donors (Lipinski definition) is 1. The third-order valence-corrected chi connectivity index (χ3v) is 3.79. The van der Waals surface area contributed by atoms with Crippen LogP contribution in [0.25, 0.3) is 0 Å². The van der Waals surface area contributed by atoms with Crippen LogP contribution in [0.4, 0.5) is 0 Å². The van der Waals surface area contributed by atoms with Gasteiger partial charge in [0.15, 0.2) is 0 Å². The molecule has 18 heavy (non-hydrogen) atoms. The van der Waals surface area contributed by atoms with Gasteiger partial charge in [-0.2, -0.15) is 0 Å². The number of carboxylic acid groups (broad SMARTS) is 1. The van der Waals surface area contributed by atoms with Crippen LogP contribution < -0.4 is 4.74 Å². The lowest BCUT2D eigenvalue weighted by molar-refractivity contribution is -0.141. The number of benzene rings is 1. The fraction of sp³-hybridized carbons (Fsp3) is 0.500. The molecular formula is C14H17BrO3. The predicted molar refractivity (Wildman–Crippen MR) is 72.9 cm³/mol. The summed E-state index contributed by atoms with van der Waals surface area (Å²) in [6, 6.07) is 5.80. The van der Waals surface area contributed by atoms with E-state index in [4.69, 9.17) is 9.84 Å². The Bertz CT molecular complexity index is 441. The van der Waals surface area contributed by atoms with Crippen molar-refractivity contribution in [3.8, 4) is 5.75 Å². The topological polar surface area (TPSA) is 46.5 Å². The van der Waals surface area contributed by atoms with Crippen molar-refractivity contribution in [2.45, 2.75) is 26.2 Å². The highest BCUT2D eigenvalue weighted by Gasteiger charge is 2.22. The molecule has 0 saturated heterocycles. The van der Waals surface area contributed by atoms with Crippen molar-refractivity contribution in [1.29, 1.82) is 0 Å². The summed E-state index contributed by atoms with van der Waals surface area (Å²) in [6.07, 6.45) is 3.04. The van der Waals surface area contributed by atoms with Crippen molar-refractivity contribution in [1.82, 2.24) is 0 Å². The van der Waals surface area contributed by atoms with Gasteiger partial charge in [-0.3, -0.25) is 4.79 Å². The summed E-state index contributed by atoms with van der Waals surface area (Å²) < 4.78 is 6.67. The molecule has 1 unspecified atom stereocenters. The van der Waals surface area contributed by atoms with Crippen LogP contribution in [-0.4, -0.2) is 17.7 Å². The van der Waals surface area contributed by atoms with Crippen LogP contribution in [0.2, 0.25) is 0 Å². The lowest BCUT2D eigenvalue weighted by Crippen LogP contribution is -2.12. The molecule has 1 aliphatic carbocycles. The van der Waals surface area contributed by atoms with E-state index in [1.165, 1.54) is 12.8 Å². The predicted octanol–water partition coefficient (Wildman–Crippen LogP) is 3.50. The minimum Gasteiger partial charge on any atom is -0.492 e. The van der Waals surface area contributed by atoms with Gasteiger partial charge < -0.3 is 9.84 Å². The van der Waals surface area contributed by atoms with Crippen molar-refractivity contribution in [3.63, 3.8) is 0 Å². The van der Waals surface area contributed by atoms with Gasteiger partial charge in [-0.25, -0.2) is 0 Å². The lowest BCUT2D eigenvalue weighted by Gasteiger charge is -2.11. The largest absolute Gasteiger partial charge is 0.492 e. The summed E-state index contributed by atoms with van der Waals surface area (Å²) in [6.45, 7) is 2.48. The maximum atomic E-state index is 10.8. The quantitative estimate of drug-likeness (QED) is 0.874. The van der Waals surface area contributed by atoms with E-state index in [-0.39, 0.29) is 5.92 Å². The molecule has 0 aliphatic heterocycles. The minimum atomic E-state index is -0.765. The summed E-state index contributed by atoms with van der Waals surface area (Å²) in [5.41, 5.74) is 0.999. The van der Waals surface area contributed by atoms with Crippen LogP contribution in [0.5, 0.6) is 5.75 Å². The van der Waals surface area contributed by atoms with Crippen LogP contribution in [0.3, 0.4) is 0 Å². The fourth-order valence-electron chi connectivity index (χ4n) is 1.72. The molecule has 1 aliphatic rings. The number of aliphatic carboxylic acids is 1. The Balaban J connectivity index is 2.02. The van der Waals surface area contributed by atoms with Crippen molar-refractivity contribution < 1.29 is 14.6 Å². The average molecular weight is 313 g/mol. The zero-order valence-electron chi connectivity index (χ0n) is 10.4. The Hall–Kier alpha value is -1.03. The van der Waals surface area contributed by atoms with Gasteiger partial charge in [0.2, 0.25) is 0 Å². The van der Waals surface area contributed by atoms with E-state index in [0.717, 1.165) is 22.4 Å². The molecule has 4 heteroatoms. The van der Waals surface area contributed by atoms with Crippen molar-refractivity contribution in [2.75, 3.05) is 6.61 Å². The number of halogens is 1. The van der Waals surface area contributed by atoms with Gasteiger partial charge in [0.05, 0.1) is 17.0 Å². The van der Waals surface area contributed by atoms with E-state index in [0.29, 0.717) is 12.3 Å². The first kappa shape index (κ1) is 13.4. The Morgan fingerprint density at radius 3 is 2.89 bits per heavy atom. The molecule has 0 aromatic heterocycles. The Morgan fingerprint density at radius 1 is 1.56 bits per heavy atom. The molecule has 0 bridgehead atoms.